The van der Waals surface area contributed by atoms with Gasteiger partial charge in [0.2, 0.25) is 0 Å². The number of hydrogen-bond acceptors (Lipinski definition) is 3. The number of likely N-dealkylation sites (N-methyl/N-ethyl adjacent to an activating group) is 1. The van der Waals surface area contributed by atoms with Crippen LogP contribution in [-0.2, 0) is 4.79 Å². The van der Waals surface area contributed by atoms with Gasteiger partial charge in [-0.05, 0) is 6.42 Å². The van der Waals surface area contributed by atoms with E-state index >= 15 is 0 Å². The molecule has 0 aromatic carbocycles. The van der Waals surface area contributed by atoms with E-state index in [9.17, 15) is 9.59 Å². The summed E-state index contributed by atoms with van der Waals surface area (Å²) in [5, 5.41) is 15.0. The van der Waals surface area contributed by atoms with Gasteiger partial charge in [-0.3, -0.25) is 9.89 Å². The molecular weight excluding hydrogens is 198 g/mol. The van der Waals surface area contributed by atoms with E-state index in [2.05, 4.69) is 10.2 Å². The molecule has 6 nitrogen and oxygen atoms in total. The average molecular weight is 211 g/mol. The van der Waals surface area contributed by atoms with Crippen molar-refractivity contribution >= 4 is 11.9 Å². The Labute approximate surface area is 86.9 Å². The Morgan fingerprint density at radius 3 is 2.73 bits per heavy atom. The molecule has 0 aliphatic rings. The molecule has 0 radical (unpaired) electrons. The van der Waals surface area contributed by atoms with Crippen molar-refractivity contribution in [3.05, 3.63) is 18.0 Å². The summed E-state index contributed by atoms with van der Waals surface area (Å²) in [5.74, 6) is -1.35. The fourth-order valence-electron chi connectivity index (χ4n) is 1.33. The largest absolute Gasteiger partial charge is 0.480 e. The average Bonchev–Trinajstić information content (AvgIpc) is 2.69. The normalized spacial score (nSPS) is 12.1. The third-order valence-electron chi connectivity index (χ3n) is 2.20. The number of carboxylic acids is 1. The first-order valence-electron chi connectivity index (χ1n) is 4.56. The fraction of sp³-hybridized carbons (Fsp3) is 0.444. The molecule has 0 spiro atoms. The molecular formula is C9H13N3O3. The van der Waals surface area contributed by atoms with Crippen molar-refractivity contribution < 1.29 is 14.7 Å². The second-order valence-electron chi connectivity index (χ2n) is 3.17. The summed E-state index contributed by atoms with van der Waals surface area (Å²) < 4.78 is 0. The van der Waals surface area contributed by atoms with E-state index < -0.39 is 12.0 Å². The zero-order chi connectivity index (χ0) is 11.4. The molecule has 15 heavy (non-hydrogen) atoms. The Hall–Kier alpha value is -1.85. The van der Waals surface area contributed by atoms with Gasteiger partial charge in [-0.15, -0.1) is 0 Å². The Bertz CT molecular complexity index is 347. The molecule has 1 rings (SSSR count). The summed E-state index contributed by atoms with van der Waals surface area (Å²) >= 11 is 0. The third kappa shape index (κ3) is 2.34. The van der Waals surface area contributed by atoms with Gasteiger partial charge >= 0.3 is 5.97 Å². The summed E-state index contributed by atoms with van der Waals surface area (Å²) in [6.07, 6.45) is 3.18. The van der Waals surface area contributed by atoms with Gasteiger partial charge in [0, 0.05) is 13.2 Å². The molecule has 1 heterocycles. The maximum atomic E-state index is 11.7. The minimum Gasteiger partial charge on any atom is -0.480 e. The molecule has 1 amide bonds. The Kier molecular flexibility index (Phi) is 3.43. The van der Waals surface area contributed by atoms with Crippen molar-refractivity contribution in [2.75, 3.05) is 7.05 Å². The predicted octanol–water partition coefficient (Wildman–Crippen LogP) is 0.345. The first-order valence-corrected chi connectivity index (χ1v) is 4.56. The summed E-state index contributed by atoms with van der Waals surface area (Å²) in [7, 11) is 1.47. The maximum Gasteiger partial charge on any atom is 0.326 e. The number of H-pyrrole nitrogens is 1. The van der Waals surface area contributed by atoms with E-state index in [1.165, 1.54) is 24.3 Å². The zero-order valence-corrected chi connectivity index (χ0v) is 8.60. The van der Waals surface area contributed by atoms with Crippen molar-refractivity contribution in [3.63, 3.8) is 0 Å². The van der Waals surface area contributed by atoms with E-state index in [0.717, 1.165) is 0 Å². The van der Waals surface area contributed by atoms with Crippen molar-refractivity contribution in [1.82, 2.24) is 15.1 Å². The predicted molar refractivity (Wildman–Crippen MR) is 52.4 cm³/mol. The molecule has 1 aromatic heterocycles. The Morgan fingerprint density at radius 2 is 2.33 bits per heavy atom. The van der Waals surface area contributed by atoms with Crippen LogP contribution in [0.4, 0.5) is 0 Å². The van der Waals surface area contributed by atoms with Crippen LogP contribution in [0, 0.1) is 0 Å². The lowest BCUT2D eigenvalue weighted by Crippen LogP contribution is -2.41. The van der Waals surface area contributed by atoms with Crippen LogP contribution in [-0.4, -0.2) is 45.2 Å². The van der Waals surface area contributed by atoms with Gasteiger partial charge in [0.25, 0.3) is 5.91 Å². The highest BCUT2D eigenvalue weighted by Crippen LogP contribution is 2.07. The van der Waals surface area contributed by atoms with Crippen molar-refractivity contribution in [2.45, 2.75) is 19.4 Å². The summed E-state index contributed by atoms with van der Waals surface area (Å²) in [5.41, 5.74) is 0.359. The van der Waals surface area contributed by atoms with Gasteiger partial charge in [0.1, 0.15) is 6.04 Å². The Balaban J connectivity index is 2.80. The van der Waals surface area contributed by atoms with E-state index in [1.54, 1.807) is 6.92 Å². The molecule has 0 bridgehead atoms. The van der Waals surface area contributed by atoms with Gasteiger partial charge in [-0.25, -0.2) is 4.79 Å². The second-order valence-corrected chi connectivity index (χ2v) is 3.17. The molecule has 1 unspecified atom stereocenters. The van der Waals surface area contributed by atoms with Gasteiger partial charge in [0.05, 0.1) is 11.8 Å². The van der Waals surface area contributed by atoms with E-state index in [-0.39, 0.29) is 5.91 Å². The van der Waals surface area contributed by atoms with Crippen LogP contribution in [0.1, 0.15) is 23.7 Å². The number of nitrogens with one attached hydrogen (secondary N) is 1. The number of aliphatic carboxylic acids is 1. The highest BCUT2D eigenvalue weighted by atomic mass is 16.4. The monoisotopic (exact) mass is 211 g/mol. The SMILES string of the molecule is CCC(C(=O)O)N(C)C(=O)c1cn[nH]c1. The van der Waals surface area contributed by atoms with Crippen molar-refractivity contribution in [1.29, 1.82) is 0 Å². The zero-order valence-electron chi connectivity index (χ0n) is 8.60. The van der Waals surface area contributed by atoms with Gasteiger partial charge in [0.15, 0.2) is 0 Å². The Morgan fingerprint density at radius 1 is 1.67 bits per heavy atom. The molecule has 2 N–H and O–H groups in total. The molecule has 82 valence electrons. The molecule has 6 heteroatoms. The number of carboxylic acid groups (broad SMARTS) is 1. The second kappa shape index (κ2) is 4.59. The molecule has 0 fully saturated rings. The summed E-state index contributed by atoms with van der Waals surface area (Å²) in [6, 6.07) is -0.799. The summed E-state index contributed by atoms with van der Waals surface area (Å²) in [6.45, 7) is 1.72. The van der Waals surface area contributed by atoms with Crippen LogP contribution in [0.25, 0.3) is 0 Å². The number of nitrogens with zero attached hydrogens (tertiary/aromatic N) is 2. The molecule has 0 aliphatic heterocycles. The van der Waals surface area contributed by atoms with Gasteiger partial charge in [-0.2, -0.15) is 5.10 Å². The first-order chi connectivity index (χ1) is 7.07. The minimum atomic E-state index is -1.00. The minimum absolute atomic E-state index is 0.349. The fourth-order valence-corrected chi connectivity index (χ4v) is 1.33. The van der Waals surface area contributed by atoms with Gasteiger partial charge in [-0.1, -0.05) is 6.92 Å². The van der Waals surface area contributed by atoms with Crippen LogP contribution < -0.4 is 0 Å². The lowest BCUT2D eigenvalue weighted by atomic mass is 10.2. The number of aromatic amines is 1. The van der Waals surface area contributed by atoms with Crippen LogP contribution in [0.15, 0.2) is 12.4 Å². The number of rotatable bonds is 4. The van der Waals surface area contributed by atoms with Gasteiger partial charge < -0.3 is 10.0 Å². The standard InChI is InChI=1S/C9H13N3O3/c1-3-7(9(14)15)12(2)8(13)6-4-10-11-5-6/h4-5,7H,3H2,1-2H3,(H,10,11)(H,14,15). The highest BCUT2D eigenvalue weighted by Gasteiger charge is 2.25. The topological polar surface area (TPSA) is 86.3 Å². The smallest absolute Gasteiger partial charge is 0.326 e. The van der Waals surface area contributed by atoms with Crippen LogP contribution in [0.5, 0.6) is 0 Å². The summed E-state index contributed by atoms with van der Waals surface area (Å²) in [4.78, 5) is 23.7. The molecule has 0 saturated heterocycles. The lowest BCUT2D eigenvalue weighted by Gasteiger charge is -2.22. The van der Waals surface area contributed by atoms with Crippen LogP contribution in [0.2, 0.25) is 0 Å². The van der Waals surface area contributed by atoms with Crippen molar-refractivity contribution in [3.8, 4) is 0 Å². The molecule has 1 atom stereocenters. The first kappa shape index (κ1) is 11.2. The molecule has 0 saturated carbocycles. The maximum absolute atomic E-state index is 11.7. The van der Waals surface area contributed by atoms with E-state index in [1.807, 2.05) is 0 Å². The van der Waals surface area contributed by atoms with E-state index in [4.69, 9.17) is 5.11 Å². The number of hydrogen-bond donors (Lipinski definition) is 2. The van der Waals surface area contributed by atoms with Crippen LogP contribution in [0.3, 0.4) is 0 Å². The molecule has 0 aliphatic carbocycles. The molecule has 1 aromatic rings. The van der Waals surface area contributed by atoms with Crippen molar-refractivity contribution in [2.24, 2.45) is 0 Å². The highest BCUT2D eigenvalue weighted by molar-refractivity contribution is 5.95. The number of amides is 1. The lowest BCUT2D eigenvalue weighted by molar-refractivity contribution is -0.142. The number of carbonyl (C=O) groups excluding carboxylic acids is 1. The van der Waals surface area contributed by atoms with Crippen LogP contribution >= 0.6 is 0 Å². The number of carbonyl (C=O) groups is 2. The number of aromatic nitrogens is 2. The third-order valence-corrected chi connectivity index (χ3v) is 2.20. The van der Waals surface area contributed by atoms with E-state index in [0.29, 0.717) is 12.0 Å². The quantitative estimate of drug-likeness (QED) is 0.752.